The number of halogens is 2. The van der Waals surface area contributed by atoms with Gasteiger partial charge in [0.05, 0.1) is 16.5 Å². The average molecular weight is 475 g/mol. The van der Waals surface area contributed by atoms with Gasteiger partial charge >= 0.3 is 0 Å². The van der Waals surface area contributed by atoms with Gasteiger partial charge in [-0.05, 0) is 45.1 Å². The molecule has 0 radical (unpaired) electrons. The molecule has 1 N–H and O–H groups in total. The van der Waals surface area contributed by atoms with Gasteiger partial charge in [0.1, 0.15) is 10.9 Å². The summed E-state index contributed by atoms with van der Waals surface area (Å²) in [4.78, 5) is 29.0. The third kappa shape index (κ3) is 4.59. The predicted octanol–water partition coefficient (Wildman–Crippen LogP) is 1.90. The highest BCUT2D eigenvalue weighted by atomic mass is 35.5. The largest absolute Gasteiger partial charge is 0.343 e. The summed E-state index contributed by atoms with van der Waals surface area (Å²) in [5.41, 5.74) is 0. The second-order valence-electron chi connectivity index (χ2n) is 7.47. The molecule has 1 atom stereocenters. The zero-order valence-corrected chi connectivity index (χ0v) is 19.0. The van der Waals surface area contributed by atoms with Gasteiger partial charge in [0.25, 0.3) is 10.0 Å². The van der Waals surface area contributed by atoms with E-state index < -0.39 is 22.0 Å². The number of nitrogens with zero attached hydrogens (tertiary/aromatic N) is 3. The molecule has 1 fully saturated rings. The van der Waals surface area contributed by atoms with Crippen LogP contribution in [0.4, 0.5) is 0 Å². The Labute approximate surface area is 186 Å². The number of hydrogen-bond donors (Lipinski definition) is 1. The summed E-state index contributed by atoms with van der Waals surface area (Å²) in [6.07, 6.45) is 3.82. The van der Waals surface area contributed by atoms with Gasteiger partial charge in [-0.2, -0.15) is 0 Å². The molecule has 0 spiro atoms. The molecule has 2 heterocycles. The summed E-state index contributed by atoms with van der Waals surface area (Å²) in [6.45, 7) is 1.76. The SMILES string of the molecule is CN1CCC(N(C)C(=O)C[C@@H]2C(=O)NC=CN2S(=O)(=O)c2cccc(Cl)c2Cl)CC1. The maximum atomic E-state index is 13.2. The van der Waals surface area contributed by atoms with E-state index in [2.05, 4.69) is 10.2 Å². The van der Waals surface area contributed by atoms with Crippen LogP contribution in [0.3, 0.4) is 0 Å². The van der Waals surface area contributed by atoms with Crippen molar-refractivity contribution in [1.29, 1.82) is 0 Å². The van der Waals surface area contributed by atoms with Crippen molar-refractivity contribution in [2.75, 3.05) is 27.2 Å². The van der Waals surface area contributed by atoms with E-state index in [1.165, 1.54) is 30.6 Å². The fraction of sp³-hybridized carbons (Fsp3) is 0.474. The van der Waals surface area contributed by atoms with Gasteiger partial charge in [0, 0.05) is 25.5 Å². The first-order valence-electron chi connectivity index (χ1n) is 9.51. The number of hydrogen-bond acceptors (Lipinski definition) is 5. The molecule has 0 saturated carbocycles. The van der Waals surface area contributed by atoms with Gasteiger partial charge in [0.15, 0.2) is 0 Å². The van der Waals surface area contributed by atoms with Crippen LogP contribution >= 0.6 is 23.2 Å². The lowest BCUT2D eigenvalue weighted by Gasteiger charge is -2.37. The number of sulfonamides is 1. The van der Waals surface area contributed by atoms with Crippen LogP contribution in [0, 0.1) is 0 Å². The summed E-state index contributed by atoms with van der Waals surface area (Å²) in [6, 6.07) is 3.08. The Morgan fingerprint density at radius 3 is 2.60 bits per heavy atom. The number of benzene rings is 1. The minimum absolute atomic E-state index is 0.0586. The van der Waals surface area contributed by atoms with E-state index in [9.17, 15) is 18.0 Å². The van der Waals surface area contributed by atoms with Crippen LogP contribution in [0.5, 0.6) is 0 Å². The van der Waals surface area contributed by atoms with Crippen molar-refractivity contribution >= 4 is 45.0 Å². The lowest BCUT2D eigenvalue weighted by Crippen LogP contribution is -2.52. The molecule has 2 aliphatic heterocycles. The standard InChI is InChI=1S/C19H24Cl2N4O4S/c1-23-9-6-13(7-10-23)24(2)17(26)12-15-19(27)22-8-11-25(15)30(28,29)16-5-3-4-14(20)18(16)21/h3-5,8,11,13,15H,6-7,9-10,12H2,1-2H3,(H,22,27)/t15-/m1/s1. The number of rotatable bonds is 5. The monoisotopic (exact) mass is 474 g/mol. The molecule has 3 rings (SSSR count). The lowest BCUT2D eigenvalue weighted by atomic mass is 10.0. The van der Waals surface area contributed by atoms with Crippen molar-refractivity contribution in [2.45, 2.75) is 36.2 Å². The quantitative estimate of drug-likeness (QED) is 0.703. The number of amides is 2. The maximum Gasteiger partial charge on any atom is 0.266 e. The Hall–Kier alpha value is -1.81. The summed E-state index contributed by atoms with van der Waals surface area (Å²) in [5.74, 6) is -0.873. The van der Waals surface area contributed by atoms with E-state index in [1.807, 2.05) is 7.05 Å². The van der Waals surface area contributed by atoms with Crippen LogP contribution in [0.2, 0.25) is 10.0 Å². The highest BCUT2D eigenvalue weighted by Crippen LogP contribution is 2.33. The molecule has 0 unspecified atom stereocenters. The number of carbonyl (C=O) groups excluding carboxylic acids is 2. The Morgan fingerprint density at radius 1 is 1.27 bits per heavy atom. The molecule has 2 aliphatic rings. The highest BCUT2D eigenvalue weighted by Gasteiger charge is 2.39. The summed E-state index contributed by atoms with van der Waals surface area (Å²) in [5, 5.41) is 2.43. The second-order valence-corrected chi connectivity index (χ2v) is 10.1. The number of nitrogens with one attached hydrogen (secondary N) is 1. The normalized spacial score (nSPS) is 20.9. The molecule has 11 heteroatoms. The van der Waals surface area contributed by atoms with Gasteiger partial charge in [0.2, 0.25) is 11.8 Å². The third-order valence-corrected chi connectivity index (χ3v) is 8.28. The van der Waals surface area contributed by atoms with Gasteiger partial charge in [-0.1, -0.05) is 29.3 Å². The zero-order chi connectivity index (χ0) is 22.1. The minimum Gasteiger partial charge on any atom is -0.343 e. The molecule has 1 aromatic rings. The fourth-order valence-electron chi connectivity index (χ4n) is 3.63. The van der Waals surface area contributed by atoms with Crippen molar-refractivity contribution < 1.29 is 18.0 Å². The topological polar surface area (TPSA) is 90.0 Å². The summed E-state index contributed by atoms with van der Waals surface area (Å²) >= 11 is 12.1. The van der Waals surface area contributed by atoms with E-state index in [0.717, 1.165) is 30.2 Å². The number of likely N-dealkylation sites (tertiary alicyclic amines) is 1. The molecular formula is C19H24Cl2N4O4S. The Bertz CT molecular complexity index is 961. The van der Waals surface area contributed by atoms with Crippen molar-refractivity contribution in [2.24, 2.45) is 0 Å². The smallest absolute Gasteiger partial charge is 0.266 e. The number of carbonyl (C=O) groups is 2. The Balaban J connectivity index is 1.83. The van der Waals surface area contributed by atoms with Crippen LogP contribution in [-0.2, 0) is 19.6 Å². The van der Waals surface area contributed by atoms with Gasteiger partial charge in [-0.3, -0.25) is 13.9 Å². The number of piperidine rings is 1. The van der Waals surface area contributed by atoms with Crippen molar-refractivity contribution in [3.05, 3.63) is 40.6 Å². The first-order valence-corrected chi connectivity index (χ1v) is 11.7. The van der Waals surface area contributed by atoms with Crippen LogP contribution in [-0.4, -0.2) is 73.6 Å². The van der Waals surface area contributed by atoms with Crippen molar-refractivity contribution in [1.82, 2.24) is 19.4 Å². The first kappa shape index (κ1) is 22.9. The van der Waals surface area contributed by atoms with Crippen LogP contribution in [0.15, 0.2) is 35.5 Å². The van der Waals surface area contributed by atoms with Crippen molar-refractivity contribution in [3.63, 3.8) is 0 Å². The molecule has 0 aliphatic carbocycles. The second kappa shape index (κ2) is 9.13. The Morgan fingerprint density at radius 2 is 1.93 bits per heavy atom. The van der Waals surface area contributed by atoms with Gasteiger partial charge in [-0.15, -0.1) is 0 Å². The zero-order valence-electron chi connectivity index (χ0n) is 16.7. The fourth-order valence-corrected chi connectivity index (χ4v) is 5.82. The lowest BCUT2D eigenvalue weighted by molar-refractivity contribution is -0.137. The van der Waals surface area contributed by atoms with E-state index in [4.69, 9.17) is 23.2 Å². The van der Waals surface area contributed by atoms with E-state index in [0.29, 0.717) is 0 Å². The van der Waals surface area contributed by atoms with Crippen molar-refractivity contribution in [3.8, 4) is 0 Å². The molecular weight excluding hydrogens is 451 g/mol. The first-order chi connectivity index (χ1) is 14.1. The Kier molecular flexibility index (Phi) is 6.96. The maximum absolute atomic E-state index is 13.2. The van der Waals surface area contributed by atoms with Crippen LogP contribution < -0.4 is 5.32 Å². The molecule has 8 nitrogen and oxygen atoms in total. The summed E-state index contributed by atoms with van der Waals surface area (Å²) < 4.78 is 27.3. The van der Waals surface area contributed by atoms with E-state index in [1.54, 1.807) is 11.9 Å². The summed E-state index contributed by atoms with van der Waals surface area (Å²) in [7, 11) is -0.485. The van der Waals surface area contributed by atoms with Gasteiger partial charge in [-0.25, -0.2) is 8.42 Å². The average Bonchev–Trinajstić information content (AvgIpc) is 2.71. The minimum atomic E-state index is -4.21. The molecule has 0 aromatic heterocycles. The predicted molar refractivity (Wildman–Crippen MR) is 114 cm³/mol. The van der Waals surface area contributed by atoms with E-state index in [-0.39, 0.29) is 33.3 Å². The third-order valence-electron chi connectivity index (χ3n) is 5.53. The van der Waals surface area contributed by atoms with Crippen LogP contribution in [0.25, 0.3) is 0 Å². The van der Waals surface area contributed by atoms with E-state index >= 15 is 0 Å². The van der Waals surface area contributed by atoms with Crippen LogP contribution in [0.1, 0.15) is 19.3 Å². The molecule has 1 aromatic carbocycles. The molecule has 164 valence electrons. The highest BCUT2D eigenvalue weighted by molar-refractivity contribution is 7.89. The molecule has 0 bridgehead atoms. The van der Waals surface area contributed by atoms with Gasteiger partial charge < -0.3 is 15.1 Å². The molecule has 1 saturated heterocycles. The molecule has 2 amide bonds. The molecule has 30 heavy (non-hydrogen) atoms.